The van der Waals surface area contributed by atoms with Crippen molar-refractivity contribution in [3.63, 3.8) is 0 Å². The van der Waals surface area contributed by atoms with Gasteiger partial charge in [-0.3, -0.25) is 0 Å². The van der Waals surface area contributed by atoms with Gasteiger partial charge in [0, 0.05) is 12.5 Å². The highest BCUT2D eigenvalue weighted by Crippen LogP contribution is 2.23. The van der Waals surface area contributed by atoms with Crippen molar-refractivity contribution >= 4 is 11.8 Å². The highest BCUT2D eigenvalue weighted by atomic mass is 32.2. The third-order valence-electron chi connectivity index (χ3n) is 2.47. The van der Waals surface area contributed by atoms with Crippen LogP contribution in [0.2, 0.25) is 0 Å². The van der Waals surface area contributed by atoms with Crippen LogP contribution in [0.25, 0.3) is 0 Å². The molecular formula is C12H18FNS. The van der Waals surface area contributed by atoms with Gasteiger partial charge in [0.25, 0.3) is 0 Å². The van der Waals surface area contributed by atoms with Gasteiger partial charge < -0.3 is 5.32 Å². The van der Waals surface area contributed by atoms with E-state index in [2.05, 4.69) is 11.6 Å². The van der Waals surface area contributed by atoms with Crippen LogP contribution >= 0.6 is 11.8 Å². The van der Waals surface area contributed by atoms with E-state index in [1.807, 2.05) is 19.2 Å². The van der Waals surface area contributed by atoms with Crippen LogP contribution in [0, 0.1) is 5.82 Å². The van der Waals surface area contributed by atoms with Gasteiger partial charge >= 0.3 is 0 Å². The van der Waals surface area contributed by atoms with Crippen molar-refractivity contribution in [2.45, 2.75) is 12.3 Å². The number of nitrogens with one attached hydrogen (secondary N) is 1. The van der Waals surface area contributed by atoms with Gasteiger partial charge in [-0.1, -0.05) is 18.2 Å². The summed E-state index contributed by atoms with van der Waals surface area (Å²) in [6, 6.07) is 7.07. The van der Waals surface area contributed by atoms with Crippen molar-refractivity contribution in [2.24, 2.45) is 0 Å². The van der Waals surface area contributed by atoms with E-state index in [1.165, 1.54) is 6.07 Å². The molecule has 3 heteroatoms. The van der Waals surface area contributed by atoms with E-state index in [4.69, 9.17) is 0 Å². The van der Waals surface area contributed by atoms with Crippen LogP contribution in [0.4, 0.5) is 4.39 Å². The first kappa shape index (κ1) is 12.5. The first-order chi connectivity index (χ1) is 7.29. The van der Waals surface area contributed by atoms with Crippen molar-refractivity contribution in [3.8, 4) is 0 Å². The van der Waals surface area contributed by atoms with Gasteiger partial charge in [0.2, 0.25) is 0 Å². The molecule has 0 spiro atoms. The van der Waals surface area contributed by atoms with E-state index in [9.17, 15) is 4.39 Å². The summed E-state index contributed by atoms with van der Waals surface area (Å²) in [6.07, 6.45) is 3.10. The third kappa shape index (κ3) is 3.84. The quantitative estimate of drug-likeness (QED) is 0.802. The van der Waals surface area contributed by atoms with Crippen molar-refractivity contribution in [2.75, 3.05) is 25.6 Å². The fourth-order valence-electron chi connectivity index (χ4n) is 1.68. The minimum Gasteiger partial charge on any atom is -0.319 e. The van der Waals surface area contributed by atoms with Gasteiger partial charge in [0.05, 0.1) is 0 Å². The van der Waals surface area contributed by atoms with E-state index in [0.717, 1.165) is 24.3 Å². The van der Waals surface area contributed by atoms with Crippen LogP contribution in [0.15, 0.2) is 24.3 Å². The molecule has 1 aromatic carbocycles. The second-order valence-corrected chi connectivity index (χ2v) is 4.54. The zero-order chi connectivity index (χ0) is 11.1. The van der Waals surface area contributed by atoms with Gasteiger partial charge in [-0.2, -0.15) is 11.8 Å². The molecule has 1 nitrogen and oxygen atoms in total. The van der Waals surface area contributed by atoms with E-state index in [0.29, 0.717) is 0 Å². The minimum atomic E-state index is -0.0844. The van der Waals surface area contributed by atoms with Gasteiger partial charge in [-0.15, -0.1) is 0 Å². The van der Waals surface area contributed by atoms with Crippen LogP contribution in [-0.2, 0) is 0 Å². The lowest BCUT2D eigenvalue weighted by atomic mass is 9.96. The molecule has 0 radical (unpaired) electrons. The second-order valence-electron chi connectivity index (χ2n) is 3.56. The Balaban J connectivity index is 2.74. The first-order valence-electron chi connectivity index (χ1n) is 5.17. The molecular weight excluding hydrogens is 209 g/mol. The molecule has 1 N–H and O–H groups in total. The molecule has 0 aromatic heterocycles. The van der Waals surface area contributed by atoms with Gasteiger partial charge in [-0.25, -0.2) is 4.39 Å². The lowest BCUT2D eigenvalue weighted by molar-refractivity contribution is 0.551. The Labute approximate surface area is 95.5 Å². The summed E-state index contributed by atoms with van der Waals surface area (Å²) >= 11 is 1.81. The topological polar surface area (TPSA) is 12.0 Å². The summed E-state index contributed by atoms with van der Waals surface area (Å²) in [5.41, 5.74) is 0.834. The van der Waals surface area contributed by atoms with Crippen LogP contribution in [-0.4, -0.2) is 25.6 Å². The predicted octanol–water partition coefficient (Wildman–Crippen LogP) is 2.88. The van der Waals surface area contributed by atoms with Gasteiger partial charge in [0.15, 0.2) is 0 Å². The molecule has 0 aliphatic rings. The van der Waals surface area contributed by atoms with Gasteiger partial charge in [0.1, 0.15) is 5.82 Å². The predicted molar refractivity (Wildman–Crippen MR) is 66.1 cm³/mol. The number of rotatable bonds is 6. The first-order valence-corrected chi connectivity index (χ1v) is 6.57. The molecule has 0 amide bonds. The van der Waals surface area contributed by atoms with Crippen molar-refractivity contribution < 1.29 is 4.39 Å². The normalized spacial score (nSPS) is 12.7. The minimum absolute atomic E-state index is 0.0844. The second kappa shape index (κ2) is 6.85. The maximum Gasteiger partial charge on any atom is 0.126 e. The highest BCUT2D eigenvalue weighted by Gasteiger charge is 2.13. The summed E-state index contributed by atoms with van der Waals surface area (Å²) in [5, 5.41) is 3.13. The smallest absolute Gasteiger partial charge is 0.126 e. The maximum absolute atomic E-state index is 13.6. The molecule has 0 heterocycles. The molecule has 15 heavy (non-hydrogen) atoms. The standard InChI is InChI=1S/C12H18FNS/c1-14-9-10(7-8-15-2)11-5-3-4-6-12(11)13/h3-6,10,14H,7-9H2,1-2H3. The van der Waals surface area contributed by atoms with Crippen LogP contribution < -0.4 is 5.32 Å². The van der Waals surface area contributed by atoms with Crippen LogP contribution in [0.5, 0.6) is 0 Å². The van der Waals surface area contributed by atoms with Crippen molar-refractivity contribution in [1.82, 2.24) is 5.32 Å². The van der Waals surface area contributed by atoms with E-state index < -0.39 is 0 Å². The number of thioether (sulfide) groups is 1. The SMILES string of the molecule is CNCC(CCSC)c1ccccc1F. The zero-order valence-corrected chi connectivity index (χ0v) is 10.1. The summed E-state index contributed by atoms with van der Waals surface area (Å²) < 4.78 is 13.6. The third-order valence-corrected chi connectivity index (χ3v) is 3.11. The fourth-order valence-corrected chi connectivity index (χ4v) is 2.20. The number of likely N-dealkylation sites (N-methyl/N-ethyl adjacent to an activating group) is 1. The van der Waals surface area contributed by atoms with Crippen molar-refractivity contribution in [1.29, 1.82) is 0 Å². The Morgan fingerprint density at radius 3 is 2.73 bits per heavy atom. The monoisotopic (exact) mass is 227 g/mol. The molecule has 0 saturated heterocycles. The maximum atomic E-state index is 13.6. The van der Waals surface area contributed by atoms with E-state index in [1.54, 1.807) is 17.8 Å². The number of hydrogen-bond acceptors (Lipinski definition) is 2. The summed E-state index contributed by atoms with van der Waals surface area (Å²) in [4.78, 5) is 0. The Bertz CT molecular complexity index is 291. The molecule has 1 atom stereocenters. The Morgan fingerprint density at radius 2 is 2.13 bits per heavy atom. The number of hydrogen-bond donors (Lipinski definition) is 1. The molecule has 84 valence electrons. The summed E-state index contributed by atoms with van der Waals surface area (Å²) in [7, 11) is 1.91. The van der Waals surface area contributed by atoms with Gasteiger partial charge in [-0.05, 0) is 37.1 Å². The molecule has 0 saturated carbocycles. The Kier molecular flexibility index (Phi) is 5.73. The van der Waals surface area contributed by atoms with Crippen LogP contribution in [0.3, 0.4) is 0 Å². The molecule has 1 unspecified atom stereocenters. The summed E-state index contributed by atoms with van der Waals surface area (Å²) in [5.74, 6) is 1.27. The molecule has 1 rings (SSSR count). The van der Waals surface area contributed by atoms with Crippen LogP contribution in [0.1, 0.15) is 17.9 Å². The number of halogens is 1. The van der Waals surface area contributed by atoms with E-state index in [-0.39, 0.29) is 11.7 Å². The van der Waals surface area contributed by atoms with E-state index >= 15 is 0 Å². The molecule has 0 aliphatic heterocycles. The number of benzene rings is 1. The average Bonchev–Trinajstić information content (AvgIpc) is 2.25. The van der Waals surface area contributed by atoms with Crippen molar-refractivity contribution in [3.05, 3.63) is 35.6 Å². The molecule has 1 aromatic rings. The largest absolute Gasteiger partial charge is 0.319 e. The summed E-state index contributed by atoms with van der Waals surface area (Å²) in [6.45, 7) is 0.835. The highest BCUT2D eigenvalue weighted by molar-refractivity contribution is 7.98. The molecule has 0 aliphatic carbocycles. The Morgan fingerprint density at radius 1 is 1.40 bits per heavy atom. The molecule has 0 fully saturated rings. The Hall–Kier alpha value is -0.540. The zero-order valence-electron chi connectivity index (χ0n) is 9.29. The average molecular weight is 227 g/mol. The molecule has 0 bridgehead atoms. The lowest BCUT2D eigenvalue weighted by Gasteiger charge is -2.17. The lowest BCUT2D eigenvalue weighted by Crippen LogP contribution is -2.18. The fraction of sp³-hybridized carbons (Fsp3) is 0.500.